The van der Waals surface area contributed by atoms with Gasteiger partial charge in [0, 0.05) is 17.0 Å². The van der Waals surface area contributed by atoms with Crippen molar-refractivity contribution in [1.29, 1.82) is 0 Å². The van der Waals surface area contributed by atoms with E-state index >= 15 is 0 Å². The summed E-state index contributed by atoms with van der Waals surface area (Å²) in [5.74, 6) is 0.982. The molecule has 158 valence electrons. The van der Waals surface area contributed by atoms with Gasteiger partial charge >= 0.3 is 0 Å². The Bertz CT molecular complexity index is 944. The third-order valence-corrected chi connectivity index (χ3v) is 6.36. The van der Waals surface area contributed by atoms with E-state index in [1.807, 2.05) is 30.5 Å². The normalized spacial score (nSPS) is 18.4. The number of nitro groups is 1. The monoisotopic (exact) mass is 426 g/mol. The molecule has 2 aromatic rings. The highest BCUT2D eigenvalue weighted by Gasteiger charge is 2.45. The second kappa shape index (κ2) is 10.0. The molecule has 7 heteroatoms. The molecular weight excluding hydrogens is 398 g/mol. The average molecular weight is 427 g/mol. The summed E-state index contributed by atoms with van der Waals surface area (Å²) < 4.78 is 6.65. The fourth-order valence-electron chi connectivity index (χ4n) is 3.74. The Labute approximate surface area is 182 Å². The van der Waals surface area contributed by atoms with Crippen LogP contribution in [0.25, 0.3) is 0 Å². The van der Waals surface area contributed by atoms with Gasteiger partial charge in [-0.25, -0.2) is 4.48 Å². The van der Waals surface area contributed by atoms with E-state index in [9.17, 15) is 10.1 Å². The van der Waals surface area contributed by atoms with E-state index < -0.39 is 0 Å². The molecule has 0 amide bonds. The summed E-state index contributed by atoms with van der Waals surface area (Å²) in [6, 6.07) is 17.1. The van der Waals surface area contributed by atoms with E-state index in [1.165, 1.54) is 6.07 Å². The number of quaternary nitrogens is 1. The Morgan fingerprint density at radius 3 is 2.57 bits per heavy atom. The van der Waals surface area contributed by atoms with Gasteiger partial charge in [-0.2, -0.15) is 4.99 Å². The van der Waals surface area contributed by atoms with Crippen molar-refractivity contribution in [1.82, 2.24) is 0 Å². The topological polar surface area (TPSA) is 64.7 Å². The summed E-state index contributed by atoms with van der Waals surface area (Å²) in [7, 11) is 0. The number of hydrogen-bond acceptors (Lipinski definition) is 5. The number of thioether (sulfide) groups is 1. The molecule has 1 atom stereocenters. The van der Waals surface area contributed by atoms with E-state index in [-0.39, 0.29) is 16.7 Å². The Balaban J connectivity index is 1.78. The summed E-state index contributed by atoms with van der Waals surface area (Å²) in [4.78, 5) is 16.4. The van der Waals surface area contributed by atoms with Crippen molar-refractivity contribution in [3.8, 4) is 0 Å². The maximum atomic E-state index is 11.2. The summed E-state index contributed by atoms with van der Waals surface area (Å²) in [5, 5.41) is 12.2. The molecule has 0 N–H and O–H groups in total. The van der Waals surface area contributed by atoms with Crippen LogP contribution in [0.1, 0.15) is 32.8 Å². The number of aliphatic imine (C=N–C) groups is 1. The molecule has 0 aromatic heterocycles. The molecule has 2 aromatic carbocycles. The lowest BCUT2D eigenvalue weighted by Gasteiger charge is -2.39. The Morgan fingerprint density at radius 1 is 1.13 bits per heavy atom. The predicted molar refractivity (Wildman–Crippen MR) is 121 cm³/mol. The van der Waals surface area contributed by atoms with Crippen LogP contribution in [-0.4, -0.2) is 34.4 Å². The maximum absolute atomic E-state index is 11.2. The van der Waals surface area contributed by atoms with Gasteiger partial charge in [0.15, 0.2) is 5.03 Å². The summed E-state index contributed by atoms with van der Waals surface area (Å²) in [6.07, 6.45) is 2.89. The Hall–Kier alpha value is -2.48. The van der Waals surface area contributed by atoms with Crippen LogP contribution in [0.4, 0.5) is 5.69 Å². The highest BCUT2D eigenvalue weighted by molar-refractivity contribution is 8.02. The number of nitro benzene ring substituents is 1. The lowest BCUT2D eigenvalue weighted by molar-refractivity contribution is -0.816. The molecule has 1 aliphatic heterocycles. The number of ether oxygens (including phenoxy) is 1. The second-order valence-electron chi connectivity index (χ2n) is 7.53. The van der Waals surface area contributed by atoms with Gasteiger partial charge in [0.2, 0.25) is 5.84 Å². The molecule has 6 nitrogen and oxygen atoms in total. The van der Waals surface area contributed by atoms with E-state index in [2.05, 4.69) is 32.9 Å². The quantitative estimate of drug-likeness (QED) is 0.276. The van der Waals surface area contributed by atoms with Crippen LogP contribution in [0.3, 0.4) is 0 Å². The number of non-ortho nitro benzene ring substituents is 1. The van der Waals surface area contributed by atoms with Gasteiger partial charge in [-0.3, -0.25) is 10.1 Å². The van der Waals surface area contributed by atoms with Crippen molar-refractivity contribution in [3.05, 3.63) is 81.5 Å². The molecule has 0 saturated carbocycles. The van der Waals surface area contributed by atoms with Crippen molar-refractivity contribution in [2.45, 2.75) is 44.7 Å². The minimum Gasteiger partial charge on any atom is -0.365 e. The molecule has 0 fully saturated rings. The van der Waals surface area contributed by atoms with E-state index in [4.69, 9.17) is 9.73 Å². The number of hydrogen-bond donors (Lipinski definition) is 0. The van der Waals surface area contributed by atoms with Crippen molar-refractivity contribution in [3.63, 3.8) is 0 Å². The first-order valence-corrected chi connectivity index (χ1v) is 11.0. The summed E-state index contributed by atoms with van der Waals surface area (Å²) in [6.45, 7) is 8.43. The van der Waals surface area contributed by atoms with Crippen LogP contribution in [0.5, 0.6) is 0 Å². The number of benzene rings is 2. The molecule has 30 heavy (non-hydrogen) atoms. The fraction of sp³-hybridized carbons (Fsp3) is 0.348. The van der Waals surface area contributed by atoms with Crippen molar-refractivity contribution >= 4 is 23.3 Å². The van der Waals surface area contributed by atoms with Crippen LogP contribution in [-0.2, 0) is 11.3 Å². The average Bonchev–Trinajstić information content (AvgIpc) is 3.07. The fourth-order valence-corrected chi connectivity index (χ4v) is 4.99. The van der Waals surface area contributed by atoms with E-state index in [1.54, 1.807) is 23.9 Å². The van der Waals surface area contributed by atoms with E-state index in [0.29, 0.717) is 17.7 Å². The first-order valence-electron chi connectivity index (χ1n) is 10.2. The third-order valence-electron chi connectivity index (χ3n) is 5.23. The zero-order valence-corrected chi connectivity index (χ0v) is 18.5. The highest BCUT2D eigenvalue weighted by Crippen LogP contribution is 2.41. The molecule has 0 bridgehead atoms. The van der Waals surface area contributed by atoms with Crippen molar-refractivity contribution in [2.24, 2.45) is 4.99 Å². The van der Waals surface area contributed by atoms with Gasteiger partial charge in [-0.05, 0) is 43.7 Å². The predicted octanol–water partition coefficient (Wildman–Crippen LogP) is 5.75. The Kier molecular flexibility index (Phi) is 7.42. The van der Waals surface area contributed by atoms with Crippen LogP contribution >= 0.6 is 11.8 Å². The van der Waals surface area contributed by atoms with Gasteiger partial charge in [0.25, 0.3) is 5.69 Å². The first kappa shape index (κ1) is 22.2. The van der Waals surface area contributed by atoms with Crippen molar-refractivity contribution < 1.29 is 14.1 Å². The van der Waals surface area contributed by atoms with Gasteiger partial charge in [-0.1, -0.05) is 43.3 Å². The number of rotatable bonds is 10. The molecule has 1 unspecified atom stereocenters. The zero-order valence-electron chi connectivity index (χ0n) is 17.7. The van der Waals surface area contributed by atoms with Gasteiger partial charge in [0.1, 0.15) is 12.8 Å². The van der Waals surface area contributed by atoms with Gasteiger partial charge < -0.3 is 4.74 Å². The zero-order chi connectivity index (χ0) is 21.6. The van der Waals surface area contributed by atoms with E-state index in [0.717, 1.165) is 34.3 Å². The largest absolute Gasteiger partial charge is 0.365 e. The smallest absolute Gasteiger partial charge is 0.270 e. The van der Waals surface area contributed by atoms with Gasteiger partial charge in [0.05, 0.1) is 24.1 Å². The number of amidine groups is 1. The molecule has 3 rings (SSSR count). The molecule has 1 aliphatic rings. The van der Waals surface area contributed by atoms with Crippen molar-refractivity contribution in [2.75, 3.05) is 13.2 Å². The molecule has 0 saturated heterocycles. The number of nitrogens with zero attached hydrogens (tertiary/aromatic N) is 3. The molecule has 0 spiro atoms. The van der Waals surface area contributed by atoms with Crippen LogP contribution in [0.2, 0.25) is 0 Å². The molecular formula is C23H28N3O3S+. The molecule has 1 heterocycles. The SMILES string of the molecule is CCC[N+]1(C(C)C)C(Sc2cccc([N+](=O)[O-])c2)=CN=C1COCc1ccccc1. The molecule has 0 radical (unpaired) electrons. The lowest BCUT2D eigenvalue weighted by atomic mass is 10.2. The van der Waals surface area contributed by atoms with Gasteiger partial charge in [-0.15, -0.1) is 0 Å². The summed E-state index contributed by atoms with van der Waals surface area (Å²) in [5.41, 5.74) is 1.23. The molecule has 0 aliphatic carbocycles. The minimum absolute atomic E-state index is 0.101. The van der Waals surface area contributed by atoms with Crippen LogP contribution in [0, 0.1) is 10.1 Å². The third kappa shape index (κ3) is 4.80. The lowest BCUT2D eigenvalue weighted by Crippen LogP contribution is -2.56. The second-order valence-corrected chi connectivity index (χ2v) is 8.63. The van der Waals surface area contributed by atoms with Crippen LogP contribution < -0.4 is 0 Å². The standard InChI is InChI=1S/C23H28N3O3S/c1-4-13-26(18(2)3)22(17-29-16-19-9-6-5-7-10-19)24-15-23(26)30-21-12-8-11-20(14-21)25(27)28/h5-12,14-15,18H,4,13,16-17H2,1-3H3/q+1. The highest BCUT2D eigenvalue weighted by atomic mass is 32.2. The van der Waals surface area contributed by atoms with Crippen LogP contribution in [0.15, 0.2) is 75.7 Å². The minimum atomic E-state index is -0.358. The maximum Gasteiger partial charge on any atom is 0.270 e. The first-order chi connectivity index (χ1) is 14.5. The Morgan fingerprint density at radius 2 is 1.90 bits per heavy atom. The summed E-state index contributed by atoms with van der Waals surface area (Å²) >= 11 is 1.55.